The van der Waals surface area contributed by atoms with Gasteiger partial charge in [-0.1, -0.05) is 86.9 Å². The molecule has 6 atom stereocenters. The molecule has 2 aliphatic carbocycles. The van der Waals surface area contributed by atoms with Crippen molar-refractivity contribution in [1.29, 1.82) is 0 Å². The van der Waals surface area contributed by atoms with Gasteiger partial charge in [0, 0.05) is 17.5 Å². The van der Waals surface area contributed by atoms with E-state index in [1.807, 2.05) is 0 Å². The number of Topliss-reactive ketones (excluding diaryl/α,β-unsaturated/α-hetero) is 1. The second-order valence-electron chi connectivity index (χ2n) is 14.7. The van der Waals surface area contributed by atoms with Crippen molar-refractivity contribution in [3.8, 4) is 0 Å². The number of rotatable bonds is 9. The molecule has 0 radical (unpaired) electrons. The van der Waals surface area contributed by atoms with Crippen molar-refractivity contribution in [2.24, 2.45) is 17.3 Å². The molecule has 2 aromatic rings. The zero-order valence-corrected chi connectivity index (χ0v) is 28.9. The normalized spacial score (nSPS) is 28.4. The van der Waals surface area contributed by atoms with Gasteiger partial charge in [0.15, 0.2) is 8.32 Å². The van der Waals surface area contributed by atoms with E-state index >= 15 is 0 Å². The van der Waals surface area contributed by atoms with Crippen molar-refractivity contribution in [1.82, 2.24) is 0 Å². The largest absolute Gasteiger partial charge is 0.416 e. The summed E-state index contributed by atoms with van der Waals surface area (Å²) in [5, 5.41) is 0.146. The molecule has 0 bridgehead atoms. The van der Waals surface area contributed by atoms with Crippen molar-refractivity contribution in [3.05, 3.63) is 69.7 Å². The topological polar surface area (TPSA) is 35.5 Å². The van der Waals surface area contributed by atoms with Crippen molar-refractivity contribution in [3.63, 3.8) is 0 Å². The lowest BCUT2D eigenvalue weighted by Gasteiger charge is -2.60. The second kappa shape index (κ2) is 11.8. The average molecular weight is 628 g/mol. The molecule has 1 fully saturated rings. The van der Waals surface area contributed by atoms with Crippen LogP contribution in [0.1, 0.15) is 96.9 Å². The highest BCUT2D eigenvalue weighted by molar-refractivity contribution is 9.10. The Kier molecular flexibility index (Phi) is 9.32. The molecule has 2 aliphatic rings. The van der Waals surface area contributed by atoms with E-state index in [4.69, 9.17) is 9.16 Å². The highest BCUT2D eigenvalue weighted by atomic mass is 79.9. The van der Waals surface area contributed by atoms with Crippen LogP contribution in [0.15, 0.2) is 53.0 Å². The van der Waals surface area contributed by atoms with Gasteiger partial charge in [0.05, 0.1) is 12.2 Å². The minimum absolute atomic E-state index is 0.0839. The number of ether oxygens (including phenoxy) is 1. The minimum atomic E-state index is -1.99. The smallest absolute Gasteiger partial charge is 0.192 e. The van der Waals surface area contributed by atoms with Gasteiger partial charge in [-0.2, -0.15) is 0 Å². The number of aryl methyl sites for hydroxylation is 1. The summed E-state index contributed by atoms with van der Waals surface area (Å²) in [6.07, 6.45) is 4.65. The number of carbonyl (C=O) groups is 1. The molecule has 2 aromatic carbocycles. The lowest BCUT2D eigenvalue weighted by molar-refractivity contribution is -0.143. The molecule has 0 N–H and O–H groups in total. The van der Waals surface area contributed by atoms with Crippen LogP contribution in [0.2, 0.25) is 18.1 Å². The summed E-state index contributed by atoms with van der Waals surface area (Å²) in [7, 11) is -1.99. The summed E-state index contributed by atoms with van der Waals surface area (Å²) >= 11 is 3.72. The summed E-state index contributed by atoms with van der Waals surface area (Å²) in [6, 6.07) is 17.7. The fraction of sp³-hybridized carbons (Fsp3) is 0.629. The predicted octanol–water partition coefficient (Wildman–Crippen LogP) is 9.83. The van der Waals surface area contributed by atoms with Crippen LogP contribution in [-0.4, -0.2) is 26.8 Å². The van der Waals surface area contributed by atoms with E-state index in [1.165, 1.54) is 21.2 Å². The van der Waals surface area contributed by atoms with Crippen molar-refractivity contribution in [2.45, 2.75) is 116 Å². The molecule has 40 heavy (non-hydrogen) atoms. The van der Waals surface area contributed by atoms with Gasteiger partial charge in [0.25, 0.3) is 0 Å². The Morgan fingerprint density at radius 1 is 1.10 bits per heavy atom. The third-order valence-corrected chi connectivity index (χ3v) is 15.7. The molecule has 0 spiro atoms. The van der Waals surface area contributed by atoms with Gasteiger partial charge < -0.3 is 9.16 Å². The SMILES string of the molecule is CC(=O)C[C@H](C)OC(c1ccccc1)C1CC[C@]2(C)c3ccc(Br)cc3CCC2[C@]1(C)CO[Si](C)(C)C(C)(C)C. The average Bonchev–Trinajstić information content (AvgIpc) is 2.86. The summed E-state index contributed by atoms with van der Waals surface area (Å²) < 4.78 is 15.2. The van der Waals surface area contributed by atoms with E-state index in [0.29, 0.717) is 12.3 Å². The Balaban J connectivity index is 1.80. The van der Waals surface area contributed by atoms with E-state index < -0.39 is 8.32 Å². The van der Waals surface area contributed by atoms with E-state index in [0.717, 1.165) is 32.3 Å². The van der Waals surface area contributed by atoms with Gasteiger partial charge >= 0.3 is 0 Å². The van der Waals surface area contributed by atoms with Crippen LogP contribution in [0.25, 0.3) is 0 Å². The lowest BCUT2D eigenvalue weighted by Crippen LogP contribution is -2.58. The first-order valence-corrected chi connectivity index (χ1v) is 18.9. The molecule has 5 heteroatoms. The zero-order valence-electron chi connectivity index (χ0n) is 26.3. The fourth-order valence-corrected chi connectivity index (χ4v) is 9.06. The Hall–Kier alpha value is -1.27. The van der Waals surface area contributed by atoms with Gasteiger partial charge in [-0.25, -0.2) is 0 Å². The number of hydrogen-bond donors (Lipinski definition) is 0. The highest BCUT2D eigenvalue weighted by Crippen LogP contribution is 2.62. The zero-order chi connectivity index (χ0) is 29.5. The number of fused-ring (bicyclic) bond motifs is 3. The predicted molar refractivity (Wildman–Crippen MR) is 172 cm³/mol. The van der Waals surface area contributed by atoms with Gasteiger partial charge in [-0.05, 0) is 109 Å². The van der Waals surface area contributed by atoms with E-state index in [2.05, 4.69) is 119 Å². The lowest BCUT2D eigenvalue weighted by atomic mass is 9.46. The van der Waals surface area contributed by atoms with Gasteiger partial charge in [0.2, 0.25) is 0 Å². The first kappa shape index (κ1) is 31.7. The number of benzene rings is 2. The summed E-state index contributed by atoms with van der Waals surface area (Å²) in [5.41, 5.74) is 4.22. The van der Waals surface area contributed by atoms with Gasteiger partial charge in [-0.3, -0.25) is 4.79 Å². The summed E-state index contributed by atoms with van der Waals surface area (Å²) in [5.74, 6) is 0.925. The first-order chi connectivity index (χ1) is 18.6. The summed E-state index contributed by atoms with van der Waals surface area (Å²) in [6.45, 7) is 21.2. The van der Waals surface area contributed by atoms with Gasteiger partial charge in [0.1, 0.15) is 5.78 Å². The van der Waals surface area contributed by atoms with E-state index in [1.54, 1.807) is 6.92 Å². The monoisotopic (exact) mass is 626 g/mol. The molecule has 0 amide bonds. The number of halogens is 1. The number of ketones is 1. The fourth-order valence-electron chi connectivity index (χ4n) is 7.55. The maximum Gasteiger partial charge on any atom is 0.192 e. The minimum Gasteiger partial charge on any atom is -0.416 e. The highest BCUT2D eigenvalue weighted by Gasteiger charge is 2.58. The maximum absolute atomic E-state index is 12.1. The Labute approximate surface area is 253 Å². The second-order valence-corrected chi connectivity index (χ2v) is 20.4. The molecule has 0 heterocycles. The van der Waals surface area contributed by atoms with E-state index in [9.17, 15) is 4.79 Å². The third kappa shape index (κ3) is 6.23. The molecule has 0 aromatic heterocycles. The summed E-state index contributed by atoms with van der Waals surface area (Å²) in [4.78, 5) is 12.1. The molecule has 0 aliphatic heterocycles. The Morgan fingerprint density at radius 3 is 2.40 bits per heavy atom. The van der Waals surface area contributed by atoms with Gasteiger partial charge in [-0.15, -0.1) is 0 Å². The first-order valence-electron chi connectivity index (χ1n) is 15.2. The Morgan fingerprint density at radius 2 is 1.77 bits per heavy atom. The van der Waals surface area contributed by atoms with Crippen molar-refractivity contribution in [2.75, 3.05) is 6.61 Å². The molecule has 1 saturated carbocycles. The molecular weight excluding hydrogens is 576 g/mol. The maximum atomic E-state index is 12.1. The van der Waals surface area contributed by atoms with Crippen LogP contribution < -0.4 is 0 Å². The molecule has 3 unspecified atom stereocenters. The number of carbonyl (C=O) groups excluding carboxylic acids is 1. The quantitative estimate of drug-likeness (QED) is 0.260. The standard InChI is InChI=1S/C35H51BrO3Si/c1-24(37)21-25(2)39-32(26-13-11-10-12-14-26)30-19-20-34(6)29-17-16-28(36)22-27(29)15-18-31(34)35(30,7)23-38-40(8,9)33(3,4)5/h10-14,16-17,22,25,30-32H,15,18-21,23H2,1-9H3/t25-,30?,31?,32?,34+,35+/m0/s1. The molecule has 3 nitrogen and oxygen atoms in total. The van der Waals surface area contributed by atoms with Crippen LogP contribution in [0, 0.1) is 17.3 Å². The van der Waals surface area contributed by atoms with Crippen LogP contribution in [0.4, 0.5) is 0 Å². The van der Waals surface area contributed by atoms with Crippen LogP contribution in [-0.2, 0) is 25.8 Å². The van der Waals surface area contributed by atoms with Crippen molar-refractivity contribution >= 4 is 30.0 Å². The molecule has 4 rings (SSSR count). The van der Waals surface area contributed by atoms with Crippen molar-refractivity contribution < 1.29 is 14.0 Å². The molecular formula is C35H51BrO3Si. The van der Waals surface area contributed by atoms with E-state index in [-0.39, 0.29) is 39.8 Å². The third-order valence-electron chi connectivity index (χ3n) is 10.8. The Bertz CT molecular complexity index is 1190. The molecule has 0 saturated heterocycles. The van der Waals surface area contributed by atoms with Crippen LogP contribution in [0.5, 0.6) is 0 Å². The molecule has 220 valence electrons. The van der Waals surface area contributed by atoms with Crippen LogP contribution in [0.3, 0.4) is 0 Å². The number of hydrogen-bond acceptors (Lipinski definition) is 3. The van der Waals surface area contributed by atoms with Crippen LogP contribution >= 0.6 is 15.9 Å².